The van der Waals surface area contributed by atoms with E-state index < -0.39 is 0 Å². The molecule has 0 saturated carbocycles. The summed E-state index contributed by atoms with van der Waals surface area (Å²) < 4.78 is 7.93. The van der Waals surface area contributed by atoms with Crippen molar-refractivity contribution in [2.45, 2.75) is 39.1 Å². The van der Waals surface area contributed by atoms with Crippen molar-refractivity contribution in [3.63, 3.8) is 0 Å². The van der Waals surface area contributed by atoms with Crippen molar-refractivity contribution in [2.24, 2.45) is 0 Å². The van der Waals surface area contributed by atoms with E-state index in [4.69, 9.17) is 4.74 Å². The number of hydrogen-bond donors (Lipinski definition) is 1. The first-order chi connectivity index (χ1) is 13.1. The maximum atomic E-state index is 12.0. The van der Waals surface area contributed by atoms with E-state index in [0.717, 1.165) is 22.7 Å². The Hall–Kier alpha value is -2.46. The molecule has 0 aliphatic rings. The van der Waals surface area contributed by atoms with Gasteiger partial charge in [-0.2, -0.15) is 0 Å². The molecule has 8 nitrogen and oxygen atoms in total. The van der Waals surface area contributed by atoms with Crippen LogP contribution in [0.5, 0.6) is 5.75 Å². The molecule has 10 heteroatoms. The number of nitrogens with one attached hydrogen (secondary N) is 1. The SMILES string of the molecule is CCn1c(COc2c(C)cccc2C)nnc1SCC(=O)Nc1nncs1. The van der Waals surface area contributed by atoms with Crippen molar-refractivity contribution in [3.05, 3.63) is 40.7 Å². The number of hydrogen-bond acceptors (Lipinski definition) is 8. The van der Waals surface area contributed by atoms with Gasteiger partial charge >= 0.3 is 0 Å². The summed E-state index contributed by atoms with van der Waals surface area (Å²) in [5.74, 6) is 1.66. The van der Waals surface area contributed by atoms with Crippen molar-refractivity contribution < 1.29 is 9.53 Å². The zero-order valence-corrected chi connectivity index (χ0v) is 16.9. The number of thioether (sulfide) groups is 1. The molecular formula is C17H20N6O2S2. The number of aryl methyl sites for hydroxylation is 2. The molecule has 27 heavy (non-hydrogen) atoms. The molecule has 3 rings (SSSR count). The van der Waals surface area contributed by atoms with Crippen LogP contribution in [0.4, 0.5) is 5.13 Å². The van der Waals surface area contributed by atoms with Crippen LogP contribution in [0.1, 0.15) is 23.9 Å². The number of carbonyl (C=O) groups excluding carboxylic acids is 1. The minimum atomic E-state index is -0.157. The van der Waals surface area contributed by atoms with Crippen molar-refractivity contribution in [2.75, 3.05) is 11.1 Å². The number of ether oxygens (including phenoxy) is 1. The molecule has 142 valence electrons. The third-order valence-corrected chi connectivity index (χ3v) is 5.38. The number of carbonyl (C=O) groups is 1. The first-order valence-electron chi connectivity index (χ1n) is 8.38. The molecule has 0 aliphatic heterocycles. The molecule has 0 saturated heterocycles. The van der Waals surface area contributed by atoms with Crippen LogP contribution < -0.4 is 10.1 Å². The van der Waals surface area contributed by atoms with Gasteiger partial charge in [0, 0.05) is 6.54 Å². The van der Waals surface area contributed by atoms with Gasteiger partial charge in [0.15, 0.2) is 11.0 Å². The fourth-order valence-electron chi connectivity index (χ4n) is 2.53. The van der Waals surface area contributed by atoms with Crippen molar-refractivity contribution >= 4 is 34.1 Å². The topological polar surface area (TPSA) is 94.8 Å². The van der Waals surface area contributed by atoms with E-state index in [1.165, 1.54) is 23.1 Å². The third kappa shape index (κ3) is 4.83. The number of benzene rings is 1. The lowest BCUT2D eigenvalue weighted by molar-refractivity contribution is -0.113. The summed E-state index contributed by atoms with van der Waals surface area (Å²) in [6.45, 7) is 7.07. The fraction of sp³-hybridized carbons (Fsp3) is 0.353. The summed E-state index contributed by atoms with van der Waals surface area (Å²) in [7, 11) is 0. The Bertz CT molecular complexity index is 890. The molecule has 1 amide bonds. The molecule has 3 aromatic rings. The molecule has 1 N–H and O–H groups in total. The fourth-order valence-corrected chi connectivity index (χ4v) is 3.81. The first-order valence-corrected chi connectivity index (χ1v) is 10.2. The number of amides is 1. The highest BCUT2D eigenvalue weighted by atomic mass is 32.2. The molecule has 0 bridgehead atoms. The molecule has 0 spiro atoms. The Labute approximate surface area is 165 Å². The average Bonchev–Trinajstić information content (AvgIpc) is 3.29. The summed E-state index contributed by atoms with van der Waals surface area (Å²) in [4.78, 5) is 12.0. The third-order valence-electron chi connectivity index (χ3n) is 3.80. The number of aromatic nitrogens is 5. The van der Waals surface area contributed by atoms with Crippen molar-refractivity contribution in [1.29, 1.82) is 0 Å². The summed E-state index contributed by atoms with van der Waals surface area (Å²) in [5, 5.41) is 19.8. The molecule has 2 heterocycles. The smallest absolute Gasteiger partial charge is 0.236 e. The lowest BCUT2D eigenvalue weighted by Crippen LogP contribution is -2.14. The Kier molecular flexibility index (Phi) is 6.40. The molecule has 1 aromatic carbocycles. The number of para-hydroxylation sites is 1. The van der Waals surface area contributed by atoms with E-state index in [2.05, 4.69) is 25.7 Å². The van der Waals surface area contributed by atoms with Crippen LogP contribution >= 0.6 is 23.1 Å². The maximum absolute atomic E-state index is 12.0. The van der Waals surface area contributed by atoms with Crippen LogP contribution in [0.25, 0.3) is 0 Å². The number of nitrogens with zero attached hydrogens (tertiary/aromatic N) is 5. The summed E-state index contributed by atoms with van der Waals surface area (Å²) in [6, 6.07) is 6.04. The van der Waals surface area contributed by atoms with Crippen LogP contribution in [0.15, 0.2) is 28.9 Å². The monoisotopic (exact) mass is 404 g/mol. The molecule has 0 fully saturated rings. The molecular weight excluding hydrogens is 384 g/mol. The van der Waals surface area contributed by atoms with E-state index in [1.807, 2.05) is 43.5 Å². The minimum absolute atomic E-state index is 0.157. The standard InChI is InChI=1S/C17H20N6O2S2/c1-4-23-13(8-25-15-11(2)6-5-7-12(15)3)20-22-17(23)26-9-14(24)19-16-21-18-10-27-16/h5-7,10H,4,8-9H2,1-3H3,(H,19,21,24). The Morgan fingerprint density at radius 1 is 1.26 bits per heavy atom. The zero-order chi connectivity index (χ0) is 19.2. The molecule has 0 atom stereocenters. The summed E-state index contributed by atoms with van der Waals surface area (Å²) >= 11 is 2.61. The van der Waals surface area contributed by atoms with E-state index >= 15 is 0 Å². The predicted octanol–water partition coefficient (Wildman–Crippen LogP) is 3.08. The molecule has 2 aromatic heterocycles. The second-order valence-corrected chi connectivity index (χ2v) is 7.51. The highest BCUT2D eigenvalue weighted by molar-refractivity contribution is 7.99. The van der Waals surface area contributed by atoms with E-state index in [1.54, 1.807) is 5.51 Å². The maximum Gasteiger partial charge on any atom is 0.236 e. The van der Waals surface area contributed by atoms with Gasteiger partial charge < -0.3 is 9.30 Å². The summed E-state index contributed by atoms with van der Waals surface area (Å²) in [6.07, 6.45) is 0. The highest BCUT2D eigenvalue weighted by Gasteiger charge is 2.15. The first kappa shape index (κ1) is 19.3. The van der Waals surface area contributed by atoms with Gasteiger partial charge in [0.25, 0.3) is 0 Å². The second-order valence-electron chi connectivity index (χ2n) is 5.73. The highest BCUT2D eigenvalue weighted by Crippen LogP contribution is 2.24. The van der Waals surface area contributed by atoms with Gasteiger partial charge in [-0.25, -0.2) is 0 Å². The van der Waals surface area contributed by atoms with Crippen LogP contribution in [0.3, 0.4) is 0 Å². The van der Waals surface area contributed by atoms with Gasteiger partial charge in [-0.1, -0.05) is 41.3 Å². The van der Waals surface area contributed by atoms with Crippen LogP contribution in [0.2, 0.25) is 0 Å². The second kappa shape index (κ2) is 8.96. The lowest BCUT2D eigenvalue weighted by atomic mass is 10.1. The van der Waals surface area contributed by atoms with Gasteiger partial charge in [-0.3, -0.25) is 10.1 Å². The van der Waals surface area contributed by atoms with Gasteiger partial charge in [0.1, 0.15) is 17.9 Å². The van der Waals surface area contributed by atoms with Crippen LogP contribution in [-0.2, 0) is 17.9 Å². The van der Waals surface area contributed by atoms with Gasteiger partial charge in [-0.05, 0) is 31.9 Å². The lowest BCUT2D eigenvalue weighted by Gasteiger charge is -2.12. The van der Waals surface area contributed by atoms with Crippen LogP contribution in [-0.4, -0.2) is 36.6 Å². The van der Waals surface area contributed by atoms with E-state index in [-0.39, 0.29) is 11.7 Å². The average molecular weight is 405 g/mol. The Morgan fingerprint density at radius 2 is 2.04 bits per heavy atom. The molecule has 0 radical (unpaired) electrons. The number of anilines is 1. The van der Waals surface area contributed by atoms with Gasteiger partial charge in [-0.15, -0.1) is 20.4 Å². The van der Waals surface area contributed by atoms with E-state index in [0.29, 0.717) is 23.4 Å². The molecule has 0 unspecified atom stereocenters. The summed E-state index contributed by atoms with van der Waals surface area (Å²) in [5.41, 5.74) is 3.74. The normalized spacial score (nSPS) is 10.8. The van der Waals surface area contributed by atoms with Crippen LogP contribution in [0, 0.1) is 13.8 Å². The Balaban J connectivity index is 1.61. The quantitative estimate of drug-likeness (QED) is 0.577. The number of rotatable bonds is 8. The predicted molar refractivity (Wildman–Crippen MR) is 105 cm³/mol. The molecule has 0 aliphatic carbocycles. The van der Waals surface area contributed by atoms with Crippen molar-refractivity contribution in [3.8, 4) is 5.75 Å². The zero-order valence-electron chi connectivity index (χ0n) is 15.3. The van der Waals surface area contributed by atoms with Gasteiger partial charge in [0.2, 0.25) is 11.0 Å². The van der Waals surface area contributed by atoms with E-state index in [9.17, 15) is 4.79 Å². The van der Waals surface area contributed by atoms with Crippen molar-refractivity contribution in [1.82, 2.24) is 25.0 Å². The largest absolute Gasteiger partial charge is 0.485 e. The minimum Gasteiger partial charge on any atom is -0.485 e. The van der Waals surface area contributed by atoms with Gasteiger partial charge in [0.05, 0.1) is 5.75 Å². The Morgan fingerprint density at radius 3 is 2.70 bits per heavy atom.